The lowest BCUT2D eigenvalue weighted by molar-refractivity contribution is 0.0143. The molecule has 0 radical (unpaired) electrons. The van der Waals surface area contributed by atoms with Crippen LogP contribution in [0.15, 0.2) is 23.3 Å². The molecule has 134 valence electrons. The van der Waals surface area contributed by atoms with E-state index < -0.39 is 17.2 Å². The molecule has 0 aliphatic heterocycles. The van der Waals surface area contributed by atoms with Crippen molar-refractivity contribution in [2.75, 3.05) is 0 Å². The van der Waals surface area contributed by atoms with Crippen LogP contribution in [0.3, 0.4) is 0 Å². The van der Waals surface area contributed by atoms with Crippen LogP contribution in [0.1, 0.15) is 57.2 Å². The van der Waals surface area contributed by atoms with E-state index in [2.05, 4.69) is 6.08 Å². The lowest BCUT2D eigenvalue weighted by Gasteiger charge is -2.20. The zero-order valence-electron chi connectivity index (χ0n) is 14.8. The van der Waals surface area contributed by atoms with Crippen molar-refractivity contribution in [2.45, 2.75) is 59.8 Å². The van der Waals surface area contributed by atoms with Crippen LogP contribution < -0.4 is 0 Å². The number of aromatic hydroxyl groups is 2. The quantitative estimate of drug-likeness (QED) is 0.577. The molecule has 1 rings (SSSR count). The molecule has 2 nitrogen and oxygen atoms in total. The average Bonchev–Trinajstić information content (AvgIpc) is 2.43. The minimum atomic E-state index is -3.25. The molecule has 0 heterocycles. The van der Waals surface area contributed by atoms with Gasteiger partial charge in [0.2, 0.25) is 0 Å². The first-order valence-electron chi connectivity index (χ1n) is 7.87. The van der Waals surface area contributed by atoms with Crippen molar-refractivity contribution in [2.24, 2.45) is 0 Å². The minimum absolute atomic E-state index is 0.00724. The average molecular weight is 359 g/mol. The molecule has 24 heavy (non-hydrogen) atoms. The van der Waals surface area contributed by atoms with Gasteiger partial charge in [-0.1, -0.05) is 34.9 Å². The Kier molecular flexibility index (Phi) is 6.85. The lowest BCUT2D eigenvalue weighted by atomic mass is 9.95. The summed E-state index contributed by atoms with van der Waals surface area (Å²) in [6.07, 6.45) is 5.78. The lowest BCUT2D eigenvalue weighted by Crippen LogP contribution is -2.11. The van der Waals surface area contributed by atoms with Crippen LogP contribution in [-0.4, -0.2) is 10.2 Å². The van der Waals surface area contributed by atoms with Crippen molar-refractivity contribution in [3.63, 3.8) is 0 Å². The van der Waals surface area contributed by atoms with E-state index in [-0.39, 0.29) is 28.3 Å². The Balaban J connectivity index is 3.17. The summed E-state index contributed by atoms with van der Waals surface area (Å²) in [7, 11) is 0. The summed E-state index contributed by atoms with van der Waals surface area (Å²) in [5.74, 6) is -4.18. The molecule has 2 N–H and O–H groups in total. The monoisotopic (exact) mass is 358 g/mol. The number of alkyl halides is 2. The maximum absolute atomic E-state index is 13.8. The van der Waals surface area contributed by atoms with Gasteiger partial charge in [-0.3, -0.25) is 0 Å². The van der Waals surface area contributed by atoms with Gasteiger partial charge in [0.15, 0.2) is 0 Å². The van der Waals surface area contributed by atoms with E-state index in [1.54, 1.807) is 0 Å². The fourth-order valence-corrected chi connectivity index (χ4v) is 2.77. The Morgan fingerprint density at radius 2 is 1.71 bits per heavy atom. The van der Waals surface area contributed by atoms with Gasteiger partial charge in [-0.05, 0) is 52.5 Å². The first kappa shape index (κ1) is 20.5. The van der Waals surface area contributed by atoms with Crippen molar-refractivity contribution in [1.82, 2.24) is 0 Å². The van der Waals surface area contributed by atoms with Crippen molar-refractivity contribution in [3.05, 3.63) is 45.0 Å². The Morgan fingerprint density at radius 3 is 2.21 bits per heavy atom. The maximum Gasteiger partial charge on any atom is 0.274 e. The number of phenols is 2. The Hall–Kier alpha value is -1.55. The van der Waals surface area contributed by atoms with Crippen molar-refractivity contribution in [3.8, 4) is 11.5 Å². The van der Waals surface area contributed by atoms with Gasteiger partial charge in [-0.15, -0.1) is 0 Å². The summed E-state index contributed by atoms with van der Waals surface area (Å²) in [5.41, 5.74) is 1.78. The molecule has 0 aromatic heterocycles. The van der Waals surface area contributed by atoms with E-state index in [1.807, 2.05) is 26.8 Å². The predicted octanol–water partition coefficient (Wildman–Crippen LogP) is 6.41. The Morgan fingerprint density at radius 1 is 1.12 bits per heavy atom. The number of rotatable bonds is 6. The van der Waals surface area contributed by atoms with E-state index in [9.17, 15) is 19.0 Å². The number of phenolic OH excluding ortho intramolecular Hbond substituents is 2. The zero-order chi connectivity index (χ0) is 18.7. The van der Waals surface area contributed by atoms with Gasteiger partial charge in [0.05, 0.1) is 10.6 Å². The topological polar surface area (TPSA) is 40.5 Å². The molecule has 0 fully saturated rings. The summed E-state index contributed by atoms with van der Waals surface area (Å²) in [5, 5.41) is 20.2. The second-order valence-electron chi connectivity index (χ2n) is 6.45. The summed E-state index contributed by atoms with van der Waals surface area (Å²) >= 11 is 5.98. The first-order chi connectivity index (χ1) is 11.0. The normalized spacial score (nSPS) is 12.4. The van der Waals surface area contributed by atoms with E-state index >= 15 is 0 Å². The molecule has 0 spiro atoms. The van der Waals surface area contributed by atoms with Crippen LogP contribution in [0, 0.1) is 6.92 Å². The van der Waals surface area contributed by atoms with E-state index in [0.29, 0.717) is 6.92 Å². The highest BCUT2D eigenvalue weighted by atomic mass is 35.5. The number of halogens is 3. The highest BCUT2D eigenvalue weighted by Crippen LogP contribution is 2.46. The van der Waals surface area contributed by atoms with Crippen LogP contribution >= 0.6 is 11.6 Å². The molecule has 0 bridgehead atoms. The molecule has 5 heteroatoms. The second kappa shape index (κ2) is 8.02. The van der Waals surface area contributed by atoms with Gasteiger partial charge in [-0.2, -0.15) is 0 Å². The van der Waals surface area contributed by atoms with Gasteiger partial charge in [0, 0.05) is 12.5 Å². The SMILES string of the molecule is CC(C)=CCC/C(C)=C/Cc1c(O)c(Cl)c(C)c(C(C)(F)F)c1O. The smallest absolute Gasteiger partial charge is 0.274 e. The fraction of sp³-hybridized carbons (Fsp3) is 0.474. The molecule has 0 amide bonds. The molecular weight excluding hydrogens is 334 g/mol. The van der Waals surface area contributed by atoms with Crippen LogP contribution in [0.5, 0.6) is 11.5 Å². The summed E-state index contributed by atoms with van der Waals surface area (Å²) in [4.78, 5) is 0. The molecule has 0 aliphatic rings. The molecule has 0 unspecified atom stereocenters. The third-order valence-electron chi connectivity index (χ3n) is 3.91. The number of hydrogen-bond donors (Lipinski definition) is 2. The van der Waals surface area contributed by atoms with Crippen LogP contribution in [0.2, 0.25) is 5.02 Å². The van der Waals surface area contributed by atoms with Crippen LogP contribution in [0.25, 0.3) is 0 Å². The molecule has 0 saturated carbocycles. The predicted molar refractivity (Wildman–Crippen MR) is 95.2 cm³/mol. The number of benzene rings is 1. The standard InChI is InChI=1S/C19H25ClF2O2/c1-11(2)7-6-8-12(3)9-10-14-17(23)15(19(5,21)22)13(4)16(20)18(14)24/h7,9,23-24H,6,8,10H2,1-5H3/b12-9+. The van der Waals surface area contributed by atoms with Crippen LogP contribution in [0.4, 0.5) is 8.78 Å². The second-order valence-corrected chi connectivity index (χ2v) is 6.83. The highest BCUT2D eigenvalue weighted by molar-refractivity contribution is 6.33. The third kappa shape index (κ3) is 4.97. The van der Waals surface area contributed by atoms with E-state index in [4.69, 9.17) is 11.6 Å². The molecule has 0 saturated heterocycles. The highest BCUT2D eigenvalue weighted by Gasteiger charge is 2.34. The summed E-state index contributed by atoms with van der Waals surface area (Å²) < 4.78 is 27.6. The molecule has 1 aromatic rings. The maximum atomic E-state index is 13.8. The van der Waals surface area contributed by atoms with E-state index in [0.717, 1.165) is 18.4 Å². The number of hydrogen-bond acceptors (Lipinski definition) is 2. The minimum Gasteiger partial charge on any atom is -0.507 e. The van der Waals surface area contributed by atoms with Crippen molar-refractivity contribution < 1.29 is 19.0 Å². The first-order valence-corrected chi connectivity index (χ1v) is 8.24. The summed E-state index contributed by atoms with van der Waals surface area (Å²) in [6.45, 7) is 8.04. The molecule has 0 aliphatic carbocycles. The summed E-state index contributed by atoms with van der Waals surface area (Å²) in [6, 6.07) is 0. The van der Waals surface area contributed by atoms with E-state index in [1.165, 1.54) is 12.5 Å². The van der Waals surface area contributed by atoms with Gasteiger partial charge in [0.25, 0.3) is 5.92 Å². The van der Waals surface area contributed by atoms with Gasteiger partial charge >= 0.3 is 0 Å². The Labute approximate surface area is 147 Å². The largest absolute Gasteiger partial charge is 0.507 e. The zero-order valence-corrected chi connectivity index (χ0v) is 15.6. The third-order valence-corrected chi connectivity index (χ3v) is 4.37. The Bertz CT molecular complexity index is 667. The molecule has 0 atom stereocenters. The molecule has 1 aromatic carbocycles. The van der Waals surface area contributed by atoms with Gasteiger partial charge in [0.1, 0.15) is 11.5 Å². The van der Waals surface area contributed by atoms with Crippen molar-refractivity contribution >= 4 is 11.6 Å². The van der Waals surface area contributed by atoms with Gasteiger partial charge in [-0.25, -0.2) is 8.78 Å². The van der Waals surface area contributed by atoms with Gasteiger partial charge < -0.3 is 10.2 Å². The molecular formula is C19H25ClF2O2. The van der Waals surface area contributed by atoms with Crippen molar-refractivity contribution in [1.29, 1.82) is 0 Å². The fourth-order valence-electron chi connectivity index (χ4n) is 2.56. The number of allylic oxidation sites excluding steroid dienone is 4. The van der Waals surface area contributed by atoms with Crippen LogP contribution in [-0.2, 0) is 12.3 Å².